The monoisotopic (exact) mass is 505 g/mol. The van der Waals surface area contributed by atoms with Crippen molar-refractivity contribution in [1.29, 1.82) is 0 Å². The number of hydrogen-bond donors (Lipinski definition) is 1. The van der Waals surface area contributed by atoms with Gasteiger partial charge < -0.3 is 10.2 Å². The number of carbonyl (C=O) groups excluding carboxylic acids is 2. The van der Waals surface area contributed by atoms with Gasteiger partial charge in [0.25, 0.3) is 0 Å². The number of amides is 2. The summed E-state index contributed by atoms with van der Waals surface area (Å²) in [5, 5.41) is 2.92. The third kappa shape index (κ3) is 8.06. The summed E-state index contributed by atoms with van der Waals surface area (Å²) in [7, 11) is -3.80. The maximum absolute atomic E-state index is 13.6. The molecule has 0 unspecified atom stereocenters. The lowest BCUT2D eigenvalue weighted by Crippen LogP contribution is -2.53. The highest BCUT2D eigenvalue weighted by atomic mass is 32.2. The first-order valence-electron chi connectivity index (χ1n) is 11.8. The number of rotatable bonds is 11. The summed E-state index contributed by atoms with van der Waals surface area (Å²) in [5.41, 5.74) is 2.75. The molecule has 0 fully saturated rings. The summed E-state index contributed by atoms with van der Waals surface area (Å²) >= 11 is 0. The summed E-state index contributed by atoms with van der Waals surface area (Å²) in [4.78, 5) is 28.1. The minimum Gasteiger partial charge on any atom is -0.352 e. The van der Waals surface area contributed by atoms with E-state index in [0.29, 0.717) is 17.7 Å². The first-order valence-corrected chi connectivity index (χ1v) is 13.6. The quantitative estimate of drug-likeness (QED) is 0.501. The van der Waals surface area contributed by atoms with Crippen molar-refractivity contribution in [2.75, 3.05) is 17.1 Å². The van der Waals surface area contributed by atoms with Crippen molar-refractivity contribution in [1.82, 2.24) is 10.2 Å². The topological polar surface area (TPSA) is 86.8 Å². The second-order valence-corrected chi connectivity index (χ2v) is 10.9. The SMILES string of the molecule is CC[C@@H](C)NC(=O)[C@H](CC)N(Cc1ccc(F)cc1)C(=O)CN(c1cc(C)cc(C)c1)S(C)(=O)=O. The minimum atomic E-state index is -3.80. The third-order valence-electron chi connectivity index (χ3n) is 5.83. The molecule has 192 valence electrons. The molecular weight excluding hydrogens is 469 g/mol. The Hall–Kier alpha value is -2.94. The van der Waals surface area contributed by atoms with E-state index in [1.807, 2.05) is 33.8 Å². The van der Waals surface area contributed by atoms with Crippen molar-refractivity contribution in [2.45, 2.75) is 66.1 Å². The fourth-order valence-corrected chi connectivity index (χ4v) is 4.69. The lowest BCUT2D eigenvalue weighted by molar-refractivity contribution is -0.140. The molecule has 0 spiro atoms. The van der Waals surface area contributed by atoms with Crippen LogP contribution in [0.25, 0.3) is 0 Å². The van der Waals surface area contributed by atoms with E-state index in [0.717, 1.165) is 28.1 Å². The molecule has 0 heterocycles. The molecule has 0 saturated heterocycles. The Balaban J connectivity index is 2.46. The normalized spacial score (nSPS) is 13.1. The average molecular weight is 506 g/mol. The number of halogens is 1. The first-order chi connectivity index (χ1) is 16.3. The van der Waals surface area contributed by atoms with Gasteiger partial charge in [0.1, 0.15) is 18.4 Å². The molecule has 2 aromatic carbocycles. The zero-order chi connectivity index (χ0) is 26.3. The van der Waals surface area contributed by atoms with E-state index in [4.69, 9.17) is 0 Å². The van der Waals surface area contributed by atoms with Crippen LogP contribution in [0, 0.1) is 19.7 Å². The maximum atomic E-state index is 13.6. The largest absolute Gasteiger partial charge is 0.352 e. The summed E-state index contributed by atoms with van der Waals surface area (Å²) in [6, 6.07) is 10.1. The molecule has 0 aliphatic heterocycles. The molecule has 0 aliphatic rings. The van der Waals surface area contributed by atoms with Gasteiger partial charge in [0.05, 0.1) is 11.9 Å². The van der Waals surface area contributed by atoms with Crippen LogP contribution in [0.15, 0.2) is 42.5 Å². The molecule has 7 nitrogen and oxygen atoms in total. The average Bonchev–Trinajstić information content (AvgIpc) is 2.76. The first kappa shape index (κ1) is 28.3. The smallest absolute Gasteiger partial charge is 0.244 e. The van der Waals surface area contributed by atoms with Crippen molar-refractivity contribution in [3.63, 3.8) is 0 Å². The van der Waals surface area contributed by atoms with Crippen molar-refractivity contribution in [3.8, 4) is 0 Å². The Labute approximate surface area is 208 Å². The predicted octanol–water partition coefficient (Wildman–Crippen LogP) is 3.93. The minimum absolute atomic E-state index is 0.0377. The molecule has 0 aliphatic carbocycles. The number of sulfonamides is 1. The van der Waals surface area contributed by atoms with Gasteiger partial charge in [-0.25, -0.2) is 12.8 Å². The summed E-state index contributed by atoms with van der Waals surface area (Å²) in [6.45, 7) is 8.90. The molecule has 2 rings (SSSR count). The van der Waals surface area contributed by atoms with Gasteiger partial charge in [0, 0.05) is 12.6 Å². The van der Waals surface area contributed by atoms with Crippen LogP contribution in [0.4, 0.5) is 10.1 Å². The lowest BCUT2D eigenvalue weighted by atomic mass is 10.1. The fraction of sp³-hybridized carbons (Fsp3) is 0.462. The van der Waals surface area contributed by atoms with Crippen molar-refractivity contribution in [3.05, 3.63) is 65.0 Å². The van der Waals surface area contributed by atoms with Gasteiger partial charge >= 0.3 is 0 Å². The molecule has 2 amide bonds. The second-order valence-electron chi connectivity index (χ2n) is 9.01. The number of nitrogens with zero attached hydrogens (tertiary/aromatic N) is 2. The van der Waals surface area contributed by atoms with E-state index in [1.165, 1.54) is 17.0 Å². The molecule has 0 aromatic heterocycles. The Kier molecular flexibility index (Phi) is 9.82. The Morgan fingerprint density at radius 2 is 1.57 bits per heavy atom. The highest BCUT2D eigenvalue weighted by Gasteiger charge is 2.32. The molecule has 0 radical (unpaired) electrons. The van der Waals surface area contributed by atoms with Crippen LogP contribution in [0.5, 0.6) is 0 Å². The third-order valence-corrected chi connectivity index (χ3v) is 6.97. The van der Waals surface area contributed by atoms with Crippen LogP contribution in [0.2, 0.25) is 0 Å². The van der Waals surface area contributed by atoms with Gasteiger partial charge in [0.15, 0.2) is 0 Å². The van der Waals surface area contributed by atoms with E-state index < -0.39 is 34.3 Å². The number of anilines is 1. The number of hydrogen-bond acceptors (Lipinski definition) is 4. The van der Waals surface area contributed by atoms with Gasteiger partial charge in [0.2, 0.25) is 21.8 Å². The van der Waals surface area contributed by atoms with Crippen LogP contribution < -0.4 is 9.62 Å². The van der Waals surface area contributed by atoms with Gasteiger partial charge in [-0.2, -0.15) is 0 Å². The number of nitrogens with one attached hydrogen (secondary N) is 1. The number of benzene rings is 2. The van der Waals surface area contributed by atoms with E-state index in [2.05, 4.69) is 5.32 Å². The molecule has 9 heteroatoms. The van der Waals surface area contributed by atoms with E-state index >= 15 is 0 Å². The zero-order valence-corrected chi connectivity index (χ0v) is 22.2. The molecular formula is C26H36FN3O4S. The van der Waals surface area contributed by atoms with Crippen LogP contribution in [-0.4, -0.2) is 50.0 Å². The Morgan fingerprint density at radius 1 is 1.00 bits per heavy atom. The van der Waals surface area contributed by atoms with Crippen molar-refractivity contribution in [2.24, 2.45) is 0 Å². The molecule has 0 saturated carbocycles. The zero-order valence-electron chi connectivity index (χ0n) is 21.3. The predicted molar refractivity (Wildman–Crippen MR) is 137 cm³/mol. The second kappa shape index (κ2) is 12.2. The standard InChI is InChI=1S/C26H36FN3O4S/c1-7-20(5)28-26(32)24(8-2)29(16-21-9-11-22(27)12-10-21)25(31)17-30(35(6,33)34)23-14-18(3)13-19(4)15-23/h9-15,20,24H,7-8,16-17H2,1-6H3,(H,28,32)/t20-,24+/m1/s1. The van der Waals surface area contributed by atoms with Crippen molar-refractivity contribution >= 4 is 27.5 Å². The van der Waals surface area contributed by atoms with E-state index in [-0.39, 0.29) is 18.5 Å². The lowest BCUT2D eigenvalue weighted by Gasteiger charge is -2.33. The molecule has 2 atom stereocenters. The molecule has 35 heavy (non-hydrogen) atoms. The van der Waals surface area contributed by atoms with Crippen molar-refractivity contribution < 1.29 is 22.4 Å². The Bertz CT molecular complexity index is 1120. The van der Waals surface area contributed by atoms with Gasteiger partial charge in [-0.15, -0.1) is 0 Å². The summed E-state index contributed by atoms with van der Waals surface area (Å²) in [6.07, 6.45) is 2.11. The van der Waals surface area contributed by atoms with Gasteiger partial charge in [-0.1, -0.05) is 32.0 Å². The number of carbonyl (C=O) groups is 2. The fourth-order valence-electron chi connectivity index (χ4n) is 3.86. The highest BCUT2D eigenvalue weighted by Crippen LogP contribution is 2.22. The van der Waals surface area contributed by atoms with Crippen LogP contribution in [0.1, 0.15) is 50.3 Å². The molecule has 0 bridgehead atoms. The molecule has 2 aromatic rings. The van der Waals surface area contributed by atoms with Gasteiger partial charge in [-0.05, 0) is 74.6 Å². The van der Waals surface area contributed by atoms with E-state index in [1.54, 1.807) is 31.2 Å². The maximum Gasteiger partial charge on any atom is 0.244 e. The summed E-state index contributed by atoms with van der Waals surface area (Å²) in [5.74, 6) is -1.24. The van der Waals surface area contributed by atoms with Crippen LogP contribution >= 0.6 is 0 Å². The summed E-state index contributed by atoms with van der Waals surface area (Å²) < 4.78 is 39.9. The molecule has 1 N–H and O–H groups in total. The highest BCUT2D eigenvalue weighted by molar-refractivity contribution is 7.92. The van der Waals surface area contributed by atoms with Crippen LogP contribution in [-0.2, 0) is 26.2 Å². The Morgan fingerprint density at radius 3 is 2.06 bits per heavy atom. The van der Waals surface area contributed by atoms with Crippen LogP contribution in [0.3, 0.4) is 0 Å². The van der Waals surface area contributed by atoms with Gasteiger partial charge in [-0.3, -0.25) is 13.9 Å². The number of aryl methyl sites for hydroxylation is 2. The van der Waals surface area contributed by atoms with E-state index in [9.17, 15) is 22.4 Å².